The van der Waals surface area contributed by atoms with Crippen LogP contribution in [-0.4, -0.2) is 40.7 Å². The average molecular weight is 310 g/mol. The Bertz CT molecular complexity index is 444. The second kappa shape index (κ2) is 8.44. The van der Waals surface area contributed by atoms with Crippen molar-refractivity contribution in [3.8, 4) is 0 Å². The van der Waals surface area contributed by atoms with Crippen LogP contribution in [0.25, 0.3) is 0 Å². The molecule has 1 aromatic heterocycles. The standard InChI is InChI=1S/C15H26N4OS/c1-4-16-13-9-14(19-15(18-13)10-20-5-2)17-11-7-6-8-12(11)21-3/h9,11-12H,4-8,10H2,1-3H3,(H2,16,17,18,19). The van der Waals surface area contributed by atoms with E-state index in [4.69, 9.17) is 4.74 Å². The van der Waals surface area contributed by atoms with E-state index in [1.54, 1.807) is 0 Å². The van der Waals surface area contributed by atoms with Gasteiger partial charge >= 0.3 is 0 Å². The minimum atomic E-state index is 0.459. The summed E-state index contributed by atoms with van der Waals surface area (Å²) in [7, 11) is 0. The summed E-state index contributed by atoms with van der Waals surface area (Å²) in [6.07, 6.45) is 5.98. The van der Waals surface area contributed by atoms with E-state index in [1.807, 2.05) is 24.8 Å². The van der Waals surface area contributed by atoms with Gasteiger partial charge in [0.2, 0.25) is 0 Å². The summed E-state index contributed by atoms with van der Waals surface area (Å²) < 4.78 is 5.44. The predicted octanol–water partition coefficient (Wildman–Crippen LogP) is 3.14. The van der Waals surface area contributed by atoms with Gasteiger partial charge in [0.15, 0.2) is 5.82 Å². The first-order valence-corrected chi connectivity index (χ1v) is 9.04. The Kier molecular flexibility index (Phi) is 6.57. The van der Waals surface area contributed by atoms with Gasteiger partial charge in [-0.15, -0.1) is 0 Å². The molecule has 1 heterocycles. The smallest absolute Gasteiger partial charge is 0.158 e. The number of hydrogen-bond donors (Lipinski definition) is 2. The van der Waals surface area contributed by atoms with E-state index in [1.165, 1.54) is 19.3 Å². The molecule has 2 atom stereocenters. The summed E-state index contributed by atoms with van der Waals surface area (Å²) in [5.74, 6) is 2.50. The third-order valence-electron chi connectivity index (χ3n) is 3.65. The molecule has 0 radical (unpaired) electrons. The van der Waals surface area contributed by atoms with E-state index in [2.05, 4.69) is 33.8 Å². The SMILES string of the molecule is CCNc1cc(NC2CCCC2SC)nc(COCC)n1. The zero-order valence-corrected chi connectivity index (χ0v) is 14.0. The topological polar surface area (TPSA) is 59.1 Å². The summed E-state index contributed by atoms with van der Waals surface area (Å²) in [4.78, 5) is 9.07. The third kappa shape index (κ3) is 4.74. The molecule has 2 unspecified atom stereocenters. The van der Waals surface area contributed by atoms with E-state index < -0.39 is 0 Å². The van der Waals surface area contributed by atoms with Gasteiger partial charge in [0.1, 0.15) is 18.2 Å². The summed E-state index contributed by atoms with van der Waals surface area (Å²) in [5.41, 5.74) is 0. The summed E-state index contributed by atoms with van der Waals surface area (Å²) in [5, 5.41) is 7.53. The van der Waals surface area contributed by atoms with Gasteiger partial charge in [-0.25, -0.2) is 9.97 Å². The van der Waals surface area contributed by atoms with Crippen molar-refractivity contribution in [2.24, 2.45) is 0 Å². The van der Waals surface area contributed by atoms with Crippen LogP contribution in [0.15, 0.2) is 6.07 Å². The highest BCUT2D eigenvalue weighted by Crippen LogP contribution is 2.30. The quantitative estimate of drug-likeness (QED) is 0.769. The number of anilines is 2. The van der Waals surface area contributed by atoms with Crippen molar-refractivity contribution >= 4 is 23.4 Å². The summed E-state index contributed by atoms with van der Waals surface area (Å²) in [6, 6.07) is 2.50. The molecule has 1 aliphatic carbocycles. The van der Waals surface area contributed by atoms with E-state index in [0.717, 1.165) is 24.0 Å². The van der Waals surface area contributed by atoms with Crippen molar-refractivity contribution in [2.75, 3.05) is 30.0 Å². The second-order valence-corrected chi connectivity index (χ2v) is 6.25. The van der Waals surface area contributed by atoms with E-state index in [0.29, 0.717) is 24.5 Å². The van der Waals surface area contributed by atoms with Gasteiger partial charge < -0.3 is 15.4 Å². The molecule has 21 heavy (non-hydrogen) atoms. The first-order valence-electron chi connectivity index (χ1n) is 7.75. The maximum absolute atomic E-state index is 5.44. The Morgan fingerprint density at radius 3 is 2.81 bits per heavy atom. The molecule has 0 amide bonds. The van der Waals surface area contributed by atoms with Crippen LogP contribution in [-0.2, 0) is 11.3 Å². The van der Waals surface area contributed by atoms with Gasteiger partial charge in [0, 0.05) is 30.5 Å². The van der Waals surface area contributed by atoms with Gasteiger partial charge in [0.25, 0.3) is 0 Å². The summed E-state index contributed by atoms with van der Waals surface area (Å²) >= 11 is 1.95. The van der Waals surface area contributed by atoms with Crippen molar-refractivity contribution in [1.82, 2.24) is 9.97 Å². The molecule has 0 spiro atoms. The van der Waals surface area contributed by atoms with Crippen molar-refractivity contribution in [2.45, 2.75) is 51.0 Å². The fourth-order valence-electron chi connectivity index (χ4n) is 2.66. The zero-order valence-electron chi connectivity index (χ0n) is 13.2. The maximum Gasteiger partial charge on any atom is 0.158 e. The second-order valence-electron chi connectivity index (χ2n) is 5.18. The Morgan fingerprint density at radius 2 is 2.10 bits per heavy atom. The molecular formula is C15H26N4OS. The highest BCUT2D eigenvalue weighted by Gasteiger charge is 2.26. The van der Waals surface area contributed by atoms with Crippen LogP contribution >= 0.6 is 11.8 Å². The van der Waals surface area contributed by atoms with Crippen LogP contribution in [0.5, 0.6) is 0 Å². The van der Waals surface area contributed by atoms with Crippen LogP contribution in [0.4, 0.5) is 11.6 Å². The molecule has 0 aromatic carbocycles. The number of thioether (sulfide) groups is 1. The van der Waals surface area contributed by atoms with Crippen LogP contribution < -0.4 is 10.6 Å². The molecule has 1 aromatic rings. The minimum Gasteiger partial charge on any atom is -0.374 e. The lowest BCUT2D eigenvalue weighted by atomic mass is 10.2. The molecule has 6 heteroatoms. The molecule has 2 rings (SSSR count). The molecule has 2 N–H and O–H groups in total. The maximum atomic E-state index is 5.44. The molecule has 1 fully saturated rings. The van der Waals surface area contributed by atoms with E-state index in [-0.39, 0.29) is 0 Å². The molecule has 1 saturated carbocycles. The Labute approximate surface area is 131 Å². The number of rotatable bonds is 8. The molecule has 0 saturated heterocycles. The lowest BCUT2D eigenvalue weighted by Crippen LogP contribution is -2.26. The largest absolute Gasteiger partial charge is 0.374 e. The van der Waals surface area contributed by atoms with E-state index in [9.17, 15) is 0 Å². The highest BCUT2D eigenvalue weighted by atomic mass is 32.2. The van der Waals surface area contributed by atoms with Crippen LogP contribution in [0.2, 0.25) is 0 Å². The normalized spacial score (nSPS) is 21.5. The lowest BCUT2D eigenvalue weighted by Gasteiger charge is -2.20. The molecule has 5 nitrogen and oxygen atoms in total. The Balaban J connectivity index is 2.10. The molecular weight excluding hydrogens is 284 g/mol. The monoisotopic (exact) mass is 310 g/mol. The fourth-order valence-corrected chi connectivity index (χ4v) is 3.60. The molecule has 0 aliphatic heterocycles. The number of nitrogens with zero attached hydrogens (tertiary/aromatic N) is 2. The average Bonchev–Trinajstić information content (AvgIpc) is 2.92. The van der Waals surface area contributed by atoms with Crippen molar-refractivity contribution < 1.29 is 4.74 Å². The molecule has 0 bridgehead atoms. The first-order chi connectivity index (χ1) is 10.3. The fraction of sp³-hybridized carbons (Fsp3) is 0.733. The van der Waals surface area contributed by atoms with E-state index >= 15 is 0 Å². The number of aromatic nitrogens is 2. The Morgan fingerprint density at radius 1 is 1.29 bits per heavy atom. The third-order valence-corrected chi connectivity index (χ3v) is 4.82. The van der Waals surface area contributed by atoms with Gasteiger partial charge in [-0.2, -0.15) is 11.8 Å². The highest BCUT2D eigenvalue weighted by molar-refractivity contribution is 7.99. The molecule has 118 valence electrons. The van der Waals surface area contributed by atoms with Gasteiger partial charge in [0.05, 0.1) is 0 Å². The number of hydrogen-bond acceptors (Lipinski definition) is 6. The van der Waals surface area contributed by atoms with Gasteiger partial charge in [-0.1, -0.05) is 6.42 Å². The van der Waals surface area contributed by atoms with Crippen molar-refractivity contribution in [3.63, 3.8) is 0 Å². The zero-order chi connectivity index (χ0) is 15.1. The van der Waals surface area contributed by atoms with Gasteiger partial charge in [-0.05, 0) is 32.9 Å². The predicted molar refractivity (Wildman–Crippen MR) is 90.1 cm³/mol. The lowest BCUT2D eigenvalue weighted by molar-refractivity contribution is 0.128. The molecule has 1 aliphatic rings. The van der Waals surface area contributed by atoms with Gasteiger partial charge in [-0.3, -0.25) is 0 Å². The summed E-state index contributed by atoms with van der Waals surface area (Å²) in [6.45, 7) is 6.03. The van der Waals surface area contributed by atoms with Crippen LogP contribution in [0.3, 0.4) is 0 Å². The first kappa shape index (κ1) is 16.4. The Hall–Kier alpha value is -1.01. The minimum absolute atomic E-state index is 0.459. The number of ether oxygens (including phenoxy) is 1. The van der Waals surface area contributed by atoms with Crippen molar-refractivity contribution in [3.05, 3.63) is 11.9 Å². The van der Waals surface area contributed by atoms with Crippen LogP contribution in [0, 0.1) is 0 Å². The van der Waals surface area contributed by atoms with Crippen LogP contribution in [0.1, 0.15) is 38.9 Å². The van der Waals surface area contributed by atoms with Crippen molar-refractivity contribution in [1.29, 1.82) is 0 Å². The number of nitrogens with one attached hydrogen (secondary N) is 2.